The number of oxime groups is 1. The number of rotatable bonds is 17. The molecule has 0 saturated carbocycles. The zero-order valence-corrected chi connectivity index (χ0v) is 23.6. The Kier molecular flexibility index (Phi) is 13.2. The normalized spacial score (nSPS) is 15.8. The molecule has 0 fully saturated rings. The Morgan fingerprint density at radius 1 is 1.03 bits per heavy atom. The number of aliphatic imine (C=N–C) groups is 1. The van der Waals surface area contributed by atoms with Gasteiger partial charge in [0, 0.05) is 17.5 Å². The van der Waals surface area contributed by atoms with E-state index >= 15 is 0 Å². The second kappa shape index (κ2) is 15.8. The highest BCUT2D eigenvalue weighted by Crippen LogP contribution is 2.41. The topological polar surface area (TPSA) is 71.2 Å². The van der Waals surface area contributed by atoms with Crippen molar-refractivity contribution < 1.29 is 14.7 Å². The van der Waals surface area contributed by atoms with Crippen LogP contribution in [0.4, 0.5) is 0 Å². The van der Waals surface area contributed by atoms with Crippen molar-refractivity contribution in [2.24, 2.45) is 16.1 Å². The fraction of sp³-hybridized carbons (Fsp3) is 0.710. The maximum Gasteiger partial charge on any atom is 0.362 e. The number of esters is 1. The van der Waals surface area contributed by atoms with Crippen LogP contribution in [0, 0.1) is 12.8 Å². The van der Waals surface area contributed by atoms with Crippen molar-refractivity contribution >= 4 is 17.4 Å². The summed E-state index contributed by atoms with van der Waals surface area (Å²) in [6.07, 6.45) is 15.6. The van der Waals surface area contributed by atoms with Crippen LogP contribution in [0.15, 0.2) is 28.3 Å². The maximum absolute atomic E-state index is 13.0. The lowest BCUT2D eigenvalue weighted by atomic mass is 9.68. The van der Waals surface area contributed by atoms with Gasteiger partial charge in [-0.15, -0.1) is 0 Å². The lowest BCUT2D eigenvalue weighted by Crippen LogP contribution is -2.40. The molecular formula is C31H50N2O3. The molecule has 1 atom stereocenters. The van der Waals surface area contributed by atoms with E-state index in [1.807, 2.05) is 12.1 Å². The van der Waals surface area contributed by atoms with Gasteiger partial charge in [-0.25, -0.2) is 4.79 Å². The summed E-state index contributed by atoms with van der Waals surface area (Å²) in [4.78, 5) is 17.8. The summed E-state index contributed by atoms with van der Waals surface area (Å²) in [6.45, 7) is 11.8. The van der Waals surface area contributed by atoms with Crippen LogP contribution in [0.1, 0.15) is 128 Å². The first kappa shape index (κ1) is 30.1. The van der Waals surface area contributed by atoms with Crippen LogP contribution < -0.4 is 0 Å². The zero-order chi connectivity index (χ0) is 26.4. The van der Waals surface area contributed by atoms with Crippen LogP contribution in [0.3, 0.4) is 0 Å². The highest BCUT2D eigenvalue weighted by atomic mass is 16.5. The molecule has 1 aliphatic heterocycles. The molecule has 5 heteroatoms. The van der Waals surface area contributed by atoms with Crippen molar-refractivity contribution in [3.8, 4) is 0 Å². The largest absolute Gasteiger partial charge is 0.461 e. The first-order valence-corrected chi connectivity index (χ1v) is 14.5. The molecule has 0 aliphatic carbocycles. The number of benzene rings is 1. The van der Waals surface area contributed by atoms with Crippen LogP contribution in [-0.2, 0) is 14.9 Å². The Hall–Kier alpha value is -2.17. The number of nitrogens with zero attached hydrogens (tertiary/aromatic N) is 2. The van der Waals surface area contributed by atoms with Crippen LogP contribution in [0.5, 0.6) is 0 Å². The summed E-state index contributed by atoms with van der Waals surface area (Å²) in [5.74, 6) is -0.316. The lowest BCUT2D eigenvalue weighted by molar-refractivity contribution is -0.136. The summed E-state index contributed by atoms with van der Waals surface area (Å²) in [5.41, 5.74) is 3.69. The standard InChI is InChI=1S/C31H50N2O3/c1-6-9-10-11-12-13-14-15-17-24(4)22-36-30(34)29(33-35)28-26-19-16-18-25(5)27(26)31(20-7-2,21-8-3)23-32-28/h16,18-19,24,35H,6-15,17,20-23H2,1-5H3/b33-29+. The molecule has 2 rings (SSSR count). The minimum absolute atomic E-state index is 0.0390. The SMILES string of the molecule is CCCCCCCCCCC(C)COC(=O)/C(=N/O)C1=NCC(CCC)(CCC)c2c(C)cccc21. The minimum Gasteiger partial charge on any atom is -0.461 e. The summed E-state index contributed by atoms with van der Waals surface area (Å²) >= 11 is 0. The van der Waals surface area contributed by atoms with E-state index in [2.05, 4.69) is 45.8 Å². The molecule has 0 amide bonds. The minimum atomic E-state index is -0.593. The molecule has 0 bridgehead atoms. The van der Waals surface area contributed by atoms with Gasteiger partial charge in [0.1, 0.15) is 5.71 Å². The number of carbonyl (C=O) groups excluding carboxylic acids is 1. The van der Waals surface area contributed by atoms with Gasteiger partial charge in [0.15, 0.2) is 0 Å². The molecule has 0 aromatic heterocycles. The Morgan fingerprint density at radius 2 is 1.67 bits per heavy atom. The van der Waals surface area contributed by atoms with E-state index < -0.39 is 5.97 Å². The van der Waals surface area contributed by atoms with Gasteiger partial charge < -0.3 is 9.94 Å². The third-order valence-electron chi connectivity index (χ3n) is 7.62. The van der Waals surface area contributed by atoms with E-state index in [4.69, 9.17) is 9.73 Å². The van der Waals surface area contributed by atoms with E-state index in [1.165, 1.54) is 56.1 Å². The lowest BCUT2D eigenvalue weighted by Gasteiger charge is -2.39. The summed E-state index contributed by atoms with van der Waals surface area (Å²) in [7, 11) is 0. The maximum atomic E-state index is 13.0. The monoisotopic (exact) mass is 498 g/mol. The first-order valence-electron chi connectivity index (χ1n) is 14.5. The quantitative estimate of drug-likeness (QED) is 0.0774. The summed E-state index contributed by atoms with van der Waals surface area (Å²) in [6, 6.07) is 6.12. The molecular weight excluding hydrogens is 448 g/mol. The molecule has 5 nitrogen and oxygen atoms in total. The van der Waals surface area contributed by atoms with E-state index in [0.717, 1.165) is 44.1 Å². The first-order chi connectivity index (χ1) is 17.4. The van der Waals surface area contributed by atoms with E-state index in [9.17, 15) is 10.0 Å². The number of carbonyl (C=O) groups is 1. The molecule has 1 aromatic carbocycles. The predicted octanol–water partition coefficient (Wildman–Crippen LogP) is 8.18. The Balaban J connectivity index is 1.99. The second-order valence-electron chi connectivity index (χ2n) is 10.9. The predicted molar refractivity (Wildman–Crippen MR) is 151 cm³/mol. The van der Waals surface area contributed by atoms with Crippen LogP contribution in [-0.4, -0.2) is 35.8 Å². The van der Waals surface area contributed by atoms with Gasteiger partial charge in [-0.1, -0.05) is 115 Å². The Bertz CT molecular complexity index is 869. The molecule has 1 N–H and O–H groups in total. The number of hydrogen-bond acceptors (Lipinski definition) is 5. The van der Waals surface area contributed by atoms with E-state index in [-0.39, 0.29) is 17.0 Å². The Morgan fingerprint density at radius 3 is 2.28 bits per heavy atom. The van der Waals surface area contributed by atoms with E-state index in [0.29, 0.717) is 18.9 Å². The van der Waals surface area contributed by atoms with Gasteiger partial charge in [0.25, 0.3) is 0 Å². The average molecular weight is 499 g/mol. The molecule has 1 heterocycles. The van der Waals surface area contributed by atoms with Crippen LogP contribution >= 0.6 is 0 Å². The van der Waals surface area contributed by atoms with Gasteiger partial charge in [-0.05, 0) is 43.2 Å². The van der Waals surface area contributed by atoms with Gasteiger partial charge in [0.05, 0.1) is 6.61 Å². The second-order valence-corrected chi connectivity index (χ2v) is 10.9. The number of unbranched alkanes of at least 4 members (excludes halogenated alkanes) is 7. The smallest absolute Gasteiger partial charge is 0.362 e. The molecule has 1 aliphatic rings. The third-order valence-corrected chi connectivity index (χ3v) is 7.62. The van der Waals surface area contributed by atoms with Gasteiger partial charge in [-0.2, -0.15) is 0 Å². The zero-order valence-electron chi connectivity index (χ0n) is 23.6. The highest BCUT2D eigenvalue weighted by Gasteiger charge is 2.39. The summed E-state index contributed by atoms with van der Waals surface area (Å²) < 4.78 is 5.61. The molecule has 0 radical (unpaired) electrons. The summed E-state index contributed by atoms with van der Waals surface area (Å²) in [5, 5.41) is 13.2. The number of fused-ring (bicyclic) bond motifs is 1. The third kappa shape index (κ3) is 8.18. The van der Waals surface area contributed by atoms with Crippen molar-refractivity contribution in [3.05, 3.63) is 34.9 Å². The van der Waals surface area contributed by atoms with Crippen molar-refractivity contribution in [1.29, 1.82) is 0 Å². The fourth-order valence-electron chi connectivity index (χ4n) is 5.84. The fourth-order valence-corrected chi connectivity index (χ4v) is 5.84. The number of aryl methyl sites for hydroxylation is 1. The van der Waals surface area contributed by atoms with Crippen molar-refractivity contribution in [3.63, 3.8) is 0 Å². The molecule has 1 unspecified atom stereocenters. The highest BCUT2D eigenvalue weighted by molar-refractivity contribution is 6.69. The number of hydrogen-bond donors (Lipinski definition) is 1. The average Bonchev–Trinajstić information content (AvgIpc) is 2.86. The van der Waals surface area contributed by atoms with Gasteiger partial charge >= 0.3 is 5.97 Å². The van der Waals surface area contributed by atoms with Crippen molar-refractivity contribution in [2.45, 2.75) is 124 Å². The van der Waals surface area contributed by atoms with Crippen molar-refractivity contribution in [1.82, 2.24) is 0 Å². The van der Waals surface area contributed by atoms with E-state index in [1.54, 1.807) is 0 Å². The molecule has 0 saturated heterocycles. The Labute approximate surface area is 219 Å². The van der Waals surface area contributed by atoms with Crippen molar-refractivity contribution in [2.75, 3.05) is 13.2 Å². The number of ether oxygens (including phenoxy) is 1. The van der Waals surface area contributed by atoms with Crippen LogP contribution in [0.2, 0.25) is 0 Å². The molecule has 202 valence electrons. The van der Waals surface area contributed by atoms with Gasteiger partial charge in [0.2, 0.25) is 5.71 Å². The molecule has 36 heavy (non-hydrogen) atoms. The molecule has 1 aromatic rings. The van der Waals surface area contributed by atoms with Gasteiger partial charge in [-0.3, -0.25) is 4.99 Å². The van der Waals surface area contributed by atoms with Crippen LogP contribution in [0.25, 0.3) is 0 Å². The molecule has 0 spiro atoms.